The van der Waals surface area contributed by atoms with Crippen molar-refractivity contribution in [1.82, 2.24) is 4.90 Å². The van der Waals surface area contributed by atoms with Gasteiger partial charge in [0.25, 0.3) is 0 Å². The minimum Gasteiger partial charge on any atom is -0.376 e. The second kappa shape index (κ2) is 12.9. The van der Waals surface area contributed by atoms with Gasteiger partial charge in [-0.2, -0.15) is 0 Å². The van der Waals surface area contributed by atoms with Crippen LogP contribution in [0, 0.1) is 0 Å². The van der Waals surface area contributed by atoms with E-state index in [1.165, 1.54) is 0 Å². The molecule has 0 unspecified atom stereocenters. The van der Waals surface area contributed by atoms with Gasteiger partial charge in [-0.25, -0.2) is 0 Å². The lowest BCUT2D eigenvalue weighted by Crippen LogP contribution is -2.22. The fraction of sp³-hybridized carbons (Fsp3) is 0.250. The predicted octanol–water partition coefficient (Wildman–Crippen LogP) is 4.33. The van der Waals surface area contributed by atoms with E-state index in [-0.39, 0.29) is 24.3 Å². The van der Waals surface area contributed by atoms with Crippen LogP contribution < -0.4 is 16.0 Å². The van der Waals surface area contributed by atoms with Crippen LogP contribution in [0.1, 0.15) is 24.0 Å². The van der Waals surface area contributed by atoms with Crippen molar-refractivity contribution in [1.29, 1.82) is 0 Å². The van der Waals surface area contributed by atoms with Gasteiger partial charge in [-0.3, -0.25) is 14.4 Å². The van der Waals surface area contributed by atoms with Crippen molar-refractivity contribution in [2.45, 2.75) is 25.7 Å². The Bertz CT molecular complexity index is 1130. The van der Waals surface area contributed by atoms with Gasteiger partial charge in [0.2, 0.25) is 17.7 Å². The standard InChI is InChI=1S/C28H32N4O3/c1-32(2)28(35)18-14-22-11-15-23(16-12-22)30-27(34)20-29-24-9-6-10-25(19-24)31-26(33)17-13-21-7-4-3-5-8-21/h3-12,15-16,19,29H,13-14,17-18,20H2,1-2H3,(H,30,34)(H,31,33). The van der Waals surface area contributed by atoms with E-state index in [2.05, 4.69) is 16.0 Å². The summed E-state index contributed by atoms with van der Waals surface area (Å²) < 4.78 is 0. The number of hydrogen-bond acceptors (Lipinski definition) is 4. The molecule has 0 aliphatic carbocycles. The lowest BCUT2D eigenvalue weighted by Gasteiger charge is -2.11. The molecule has 7 nitrogen and oxygen atoms in total. The van der Waals surface area contributed by atoms with Gasteiger partial charge in [0, 0.05) is 44.0 Å². The zero-order chi connectivity index (χ0) is 25.0. The largest absolute Gasteiger partial charge is 0.376 e. The van der Waals surface area contributed by atoms with E-state index in [0.29, 0.717) is 37.1 Å². The summed E-state index contributed by atoms with van der Waals surface area (Å²) in [6.07, 6.45) is 2.19. The minimum absolute atomic E-state index is 0.0572. The van der Waals surface area contributed by atoms with Crippen molar-refractivity contribution in [2.75, 3.05) is 36.6 Å². The lowest BCUT2D eigenvalue weighted by molar-refractivity contribution is -0.128. The first-order valence-electron chi connectivity index (χ1n) is 11.7. The minimum atomic E-state index is -0.183. The molecule has 182 valence electrons. The van der Waals surface area contributed by atoms with Crippen molar-refractivity contribution >= 4 is 34.8 Å². The zero-order valence-corrected chi connectivity index (χ0v) is 20.2. The highest BCUT2D eigenvalue weighted by Gasteiger charge is 2.07. The van der Waals surface area contributed by atoms with Crippen LogP contribution in [0.2, 0.25) is 0 Å². The fourth-order valence-electron chi connectivity index (χ4n) is 3.45. The molecular weight excluding hydrogens is 440 g/mol. The van der Waals surface area contributed by atoms with Crippen molar-refractivity contribution in [3.05, 3.63) is 90.0 Å². The topological polar surface area (TPSA) is 90.5 Å². The number of benzene rings is 3. The molecule has 35 heavy (non-hydrogen) atoms. The van der Waals surface area contributed by atoms with Gasteiger partial charge in [0.1, 0.15) is 0 Å². The van der Waals surface area contributed by atoms with Gasteiger partial charge in [0.15, 0.2) is 0 Å². The molecule has 0 aliphatic heterocycles. The average Bonchev–Trinajstić information content (AvgIpc) is 2.86. The van der Waals surface area contributed by atoms with Crippen molar-refractivity contribution in [3.8, 4) is 0 Å². The number of nitrogens with zero attached hydrogens (tertiary/aromatic N) is 1. The molecule has 3 amide bonds. The molecule has 0 saturated carbocycles. The number of carbonyl (C=O) groups is 3. The fourth-order valence-corrected chi connectivity index (χ4v) is 3.45. The maximum Gasteiger partial charge on any atom is 0.243 e. The molecule has 0 atom stereocenters. The van der Waals surface area contributed by atoms with Crippen LogP contribution in [0.5, 0.6) is 0 Å². The molecule has 3 aromatic carbocycles. The van der Waals surface area contributed by atoms with Crippen molar-refractivity contribution < 1.29 is 14.4 Å². The molecule has 0 aromatic heterocycles. The van der Waals surface area contributed by atoms with E-state index in [0.717, 1.165) is 16.8 Å². The van der Waals surface area contributed by atoms with Crippen LogP contribution in [-0.2, 0) is 27.2 Å². The number of anilines is 3. The maximum absolute atomic E-state index is 12.3. The Balaban J connectivity index is 1.42. The summed E-state index contributed by atoms with van der Waals surface area (Å²) >= 11 is 0. The van der Waals surface area contributed by atoms with Crippen LogP contribution in [0.25, 0.3) is 0 Å². The van der Waals surface area contributed by atoms with E-state index < -0.39 is 0 Å². The van der Waals surface area contributed by atoms with Gasteiger partial charge in [-0.15, -0.1) is 0 Å². The van der Waals surface area contributed by atoms with E-state index in [1.807, 2.05) is 72.8 Å². The van der Waals surface area contributed by atoms with E-state index in [1.54, 1.807) is 25.1 Å². The third kappa shape index (κ3) is 8.97. The third-order valence-corrected chi connectivity index (χ3v) is 5.45. The van der Waals surface area contributed by atoms with Crippen LogP contribution in [-0.4, -0.2) is 43.3 Å². The van der Waals surface area contributed by atoms with E-state index in [9.17, 15) is 14.4 Å². The Hall–Kier alpha value is -4.13. The van der Waals surface area contributed by atoms with Crippen molar-refractivity contribution in [3.63, 3.8) is 0 Å². The highest BCUT2D eigenvalue weighted by Crippen LogP contribution is 2.16. The van der Waals surface area contributed by atoms with Crippen LogP contribution in [0.4, 0.5) is 17.1 Å². The summed E-state index contributed by atoms with van der Waals surface area (Å²) in [5.74, 6) is -0.152. The first kappa shape index (κ1) is 25.5. The number of nitrogens with one attached hydrogen (secondary N) is 3. The Kier molecular flexibility index (Phi) is 9.42. The molecule has 0 heterocycles. The number of aryl methyl sites for hydroxylation is 2. The number of rotatable bonds is 11. The van der Waals surface area contributed by atoms with E-state index >= 15 is 0 Å². The summed E-state index contributed by atoms with van der Waals surface area (Å²) in [7, 11) is 3.49. The molecule has 0 bridgehead atoms. The molecule has 0 spiro atoms. The Morgan fingerprint density at radius 3 is 2.00 bits per heavy atom. The first-order valence-corrected chi connectivity index (χ1v) is 11.7. The maximum atomic E-state index is 12.3. The first-order chi connectivity index (χ1) is 16.9. The van der Waals surface area contributed by atoms with E-state index in [4.69, 9.17) is 0 Å². The molecule has 3 aromatic rings. The van der Waals surface area contributed by atoms with Crippen LogP contribution in [0.3, 0.4) is 0 Å². The molecule has 0 radical (unpaired) electrons. The summed E-state index contributed by atoms with van der Waals surface area (Å²) in [6, 6.07) is 24.7. The van der Waals surface area contributed by atoms with Crippen molar-refractivity contribution in [2.24, 2.45) is 0 Å². The Morgan fingerprint density at radius 1 is 0.657 bits per heavy atom. The molecule has 0 fully saturated rings. The summed E-state index contributed by atoms with van der Waals surface area (Å²) in [6.45, 7) is 0.0878. The van der Waals surface area contributed by atoms with Gasteiger partial charge < -0.3 is 20.9 Å². The quantitative estimate of drug-likeness (QED) is 0.387. The SMILES string of the molecule is CN(C)C(=O)CCc1ccc(NC(=O)CNc2cccc(NC(=O)CCc3ccccc3)c2)cc1. The molecule has 0 saturated heterocycles. The van der Waals surface area contributed by atoms with Crippen LogP contribution >= 0.6 is 0 Å². The second-order valence-corrected chi connectivity index (χ2v) is 8.50. The number of amides is 3. The second-order valence-electron chi connectivity index (χ2n) is 8.50. The predicted molar refractivity (Wildman–Crippen MR) is 140 cm³/mol. The third-order valence-electron chi connectivity index (χ3n) is 5.45. The molecular formula is C28H32N4O3. The number of carbonyl (C=O) groups excluding carboxylic acids is 3. The smallest absolute Gasteiger partial charge is 0.243 e. The summed E-state index contributed by atoms with van der Waals surface area (Å²) in [5.41, 5.74) is 4.27. The molecule has 3 N–H and O–H groups in total. The molecule has 0 aliphatic rings. The summed E-state index contributed by atoms with van der Waals surface area (Å²) in [4.78, 5) is 37.9. The lowest BCUT2D eigenvalue weighted by atomic mass is 10.1. The number of hydrogen-bond donors (Lipinski definition) is 3. The van der Waals surface area contributed by atoms with Gasteiger partial charge in [0.05, 0.1) is 6.54 Å². The molecule has 3 rings (SSSR count). The highest BCUT2D eigenvalue weighted by atomic mass is 16.2. The van der Waals surface area contributed by atoms with Crippen LogP contribution in [0.15, 0.2) is 78.9 Å². The highest BCUT2D eigenvalue weighted by molar-refractivity contribution is 5.94. The van der Waals surface area contributed by atoms with Gasteiger partial charge in [-0.1, -0.05) is 48.5 Å². The monoisotopic (exact) mass is 472 g/mol. The zero-order valence-electron chi connectivity index (χ0n) is 20.2. The Morgan fingerprint density at radius 2 is 1.29 bits per heavy atom. The Labute approximate surface area is 206 Å². The normalized spacial score (nSPS) is 10.3. The van der Waals surface area contributed by atoms with Gasteiger partial charge in [-0.05, 0) is 54.3 Å². The summed E-state index contributed by atoms with van der Waals surface area (Å²) in [5, 5.41) is 8.85. The van der Waals surface area contributed by atoms with Gasteiger partial charge >= 0.3 is 0 Å². The average molecular weight is 473 g/mol. The molecule has 7 heteroatoms.